The molecule has 2 rings (SSSR count). The summed E-state index contributed by atoms with van der Waals surface area (Å²) >= 11 is 0. The van der Waals surface area contributed by atoms with Gasteiger partial charge in [-0.1, -0.05) is 25.7 Å². The number of nitrogens with two attached hydrogens (primary N) is 1. The minimum Gasteiger partial charge on any atom is -0.468 e. The minimum atomic E-state index is -4.04. The van der Waals surface area contributed by atoms with Gasteiger partial charge in [0, 0.05) is 0 Å². The van der Waals surface area contributed by atoms with Crippen molar-refractivity contribution in [3.05, 3.63) is 24.3 Å². The highest BCUT2D eigenvalue weighted by Crippen LogP contribution is 2.30. The van der Waals surface area contributed by atoms with Gasteiger partial charge in [0.1, 0.15) is 5.54 Å². The average molecular weight is 390 g/mol. The molecule has 1 aromatic rings. The van der Waals surface area contributed by atoms with Crippen LogP contribution >= 0.6 is 0 Å². The summed E-state index contributed by atoms with van der Waals surface area (Å²) in [4.78, 5) is 12.0. The second kappa shape index (κ2) is 7.40. The highest BCUT2D eigenvalue weighted by molar-refractivity contribution is 7.89. The largest absolute Gasteiger partial charge is 0.468 e. The lowest BCUT2D eigenvalue weighted by Gasteiger charge is -2.30. The molecule has 0 atom stereocenters. The van der Waals surface area contributed by atoms with E-state index in [1.54, 1.807) is 0 Å². The van der Waals surface area contributed by atoms with Gasteiger partial charge >= 0.3 is 5.97 Å². The highest BCUT2D eigenvalue weighted by atomic mass is 32.2. The number of benzene rings is 1. The first-order valence-electron chi connectivity index (χ1n) is 7.86. The number of primary sulfonamides is 1. The van der Waals surface area contributed by atoms with Crippen LogP contribution in [0.15, 0.2) is 34.1 Å². The topological polar surface area (TPSA) is 133 Å². The molecule has 25 heavy (non-hydrogen) atoms. The Morgan fingerprint density at radius 1 is 1.00 bits per heavy atom. The molecule has 0 amide bonds. The second-order valence-electron chi connectivity index (χ2n) is 6.11. The minimum absolute atomic E-state index is 0.146. The van der Waals surface area contributed by atoms with Gasteiger partial charge in [0.05, 0.1) is 16.9 Å². The summed E-state index contributed by atoms with van der Waals surface area (Å²) in [5.74, 6) is -0.612. The van der Waals surface area contributed by atoms with Crippen LogP contribution in [-0.2, 0) is 29.6 Å². The number of carbonyl (C=O) groups is 1. The van der Waals surface area contributed by atoms with E-state index in [0.29, 0.717) is 25.7 Å². The molecule has 10 heteroatoms. The van der Waals surface area contributed by atoms with Gasteiger partial charge < -0.3 is 4.74 Å². The molecule has 3 N–H and O–H groups in total. The van der Waals surface area contributed by atoms with Crippen molar-refractivity contribution in [2.24, 2.45) is 5.14 Å². The Labute approximate surface area is 147 Å². The van der Waals surface area contributed by atoms with E-state index >= 15 is 0 Å². The monoisotopic (exact) mass is 390 g/mol. The van der Waals surface area contributed by atoms with E-state index in [4.69, 9.17) is 9.88 Å². The molecule has 8 nitrogen and oxygen atoms in total. The number of carbonyl (C=O) groups excluding carboxylic acids is 1. The van der Waals surface area contributed by atoms with E-state index in [1.165, 1.54) is 7.11 Å². The summed E-state index contributed by atoms with van der Waals surface area (Å²) in [6.45, 7) is 0. The summed E-state index contributed by atoms with van der Waals surface area (Å²) in [6.07, 6.45) is 3.97. The van der Waals surface area contributed by atoms with Crippen LogP contribution in [-0.4, -0.2) is 35.5 Å². The van der Waals surface area contributed by atoms with E-state index < -0.39 is 31.6 Å². The maximum Gasteiger partial charge on any atom is 0.327 e. The predicted octanol–water partition coefficient (Wildman–Crippen LogP) is 0.878. The molecule has 0 radical (unpaired) electrons. The highest BCUT2D eigenvalue weighted by Gasteiger charge is 2.43. The van der Waals surface area contributed by atoms with Crippen LogP contribution in [0, 0.1) is 0 Å². The number of ether oxygens (including phenoxy) is 1. The van der Waals surface area contributed by atoms with Gasteiger partial charge in [-0.25, -0.2) is 22.0 Å². The van der Waals surface area contributed by atoms with Crippen LogP contribution in [0.25, 0.3) is 0 Å². The molecule has 1 fully saturated rings. The number of rotatable bonds is 5. The van der Waals surface area contributed by atoms with Crippen molar-refractivity contribution in [1.82, 2.24) is 4.72 Å². The Bertz CT molecular complexity index is 823. The SMILES string of the molecule is COC(=O)C1(NS(=O)(=O)c2ccc(S(N)(=O)=O)cc2)CCCCCC1. The molecule has 0 spiro atoms. The summed E-state index contributed by atoms with van der Waals surface area (Å²) in [6, 6.07) is 4.51. The first kappa shape index (κ1) is 19.8. The summed E-state index contributed by atoms with van der Waals surface area (Å²) in [5.41, 5.74) is -1.30. The molecular weight excluding hydrogens is 368 g/mol. The van der Waals surface area contributed by atoms with E-state index in [1.807, 2.05) is 0 Å². The molecule has 0 heterocycles. The Hall–Kier alpha value is -1.49. The fraction of sp³-hybridized carbons (Fsp3) is 0.533. The molecule has 140 valence electrons. The van der Waals surface area contributed by atoms with Gasteiger partial charge in [-0.3, -0.25) is 4.79 Å². The van der Waals surface area contributed by atoms with E-state index in [-0.39, 0.29) is 9.79 Å². The van der Waals surface area contributed by atoms with E-state index in [2.05, 4.69) is 4.72 Å². The lowest BCUT2D eigenvalue weighted by Crippen LogP contribution is -2.54. The van der Waals surface area contributed by atoms with Crippen LogP contribution < -0.4 is 9.86 Å². The molecule has 0 saturated heterocycles. The zero-order chi connectivity index (χ0) is 18.7. The van der Waals surface area contributed by atoms with Crippen molar-refractivity contribution in [3.8, 4) is 0 Å². The number of nitrogens with one attached hydrogen (secondary N) is 1. The lowest BCUT2D eigenvalue weighted by atomic mass is 9.92. The molecule has 0 aromatic heterocycles. The molecule has 1 saturated carbocycles. The Balaban J connectivity index is 2.35. The molecule has 1 aromatic carbocycles. The van der Waals surface area contributed by atoms with Gasteiger partial charge in [0.2, 0.25) is 20.0 Å². The maximum absolute atomic E-state index is 12.7. The number of methoxy groups -OCH3 is 1. The molecule has 0 unspecified atom stereocenters. The Kier molecular flexibility index (Phi) is 5.87. The Morgan fingerprint density at radius 3 is 1.92 bits per heavy atom. The third kappa shape index (κ3) is 4.57. The van der Waals surface area contributed by atoms with Crippen molar-refractivity contribution in [2.45, 2.75) is 53.9 Å². The van der Waals surface area contributed by atoms with Gasteiger partial charge in [0.25, 0.3) is 0 Å². The van der Waals surface area contributed by atoms with Gasteiger partial charge in [-0.05, 0) is 37.1 Å². The quantitative estimate of drug-likeness (QED) is 0.566. The number of hydrogen-bond donors (Lipinski definition) is 2. The normalized spacial score (nSPS) is 18.3. The third-order valence-corrected chi connectivity index (χ3v) is 6.81. The van der Waals surface area contributed by atoms with Gasteiger partial charge in [0.15, 0.2) is 0 Å². The van der Waals surface area contributed by atoms with Crippen LogP contribution in [0.3, 0.4) is 0 Å². The summed E-state index contributed by atoms with van der Waals surface area (Å²) < 4.78 is 55.3. The van der Waals surface area contributed by atoms with Crippen molar-refractivity contribution in [3.63, 3.8) is 0 Å². The van der Waals surface area contributed by atoms with E-state index in [0.717, 1.165) is 37.1 Å². The molecule has 0 aliphatic heterocycles. The first-order valence-corrected chi connectivity index (χ1v) is 10.9. The van der Waals surface area contributed by atoms with Crippen LogP contribution in [0.4, 0.5) is 0 Å². The molecule has 1 aliphatic carbocycles. The average Bonchev–Trinajstić information content (AvgIpc) is 2.79. The lowest BCUT2D eigenvalue weighted by molar-refractivity contribution is -0.148. The zero-order valence-electron chi connectivity index (χ0n) is 13.9. The van der Waals surface area contributed by atoms with Crippen LogP contribution in [0.5, 0.6) is 0 Å². The number of esters is 1. The third-order valence-electron chi connectivity index (χ3n) is 4.33. The van der Waals surface area contributed by atoms with Crippen LogP contribution in [0.1, 0.15) is 38.5 Å². The van der Waals surface area contributed by atoms with E-state index in [9.17, 15) is 21.6 Å². The second-order valence-corrected chi connectivity index (χ2v) is 9.35. The fourth-order valence-electron chi connectivity index (χ4n) is 3.00. The van der Waals surface area contributed by atoms with Crippen molar-refractivity contribution >= 4 is 26.0 Å². The van der Waals surface area contributed by atoms with Crippen LogP contribution in [0.2, 0.25) is 0 Å². The molecule has 0 bridgehead atoms. The van der Waals surface area contributed by atoms with Crippen molar-refractivity contribution < 1.29 is 26.4 Å². The number of hydrogen-bond acceptors (Lipinski definition) is 6. The fourth-order valence-corrected chi connectivity index (χ4v) is 4.93. The van der Waals surface area contributed by atoms with Crippen molar-refractivity contribution in [2.75, 3.05) is 7.11 Å². The number of sulfonamides is 2. The smallest absolute Gasteiger partial charge is 0.327 e. The van der Waals surface area contributed by atoms with Crippen molar-refractivity contribution in [1.29, 1.82) is 0 Å². The predicted molar refractivity (Wildman–Crippen MR) is 90.6 cm³/mol. The summed E-state index contributed by atoms with van der Waals surface area (Å²) in [7, 11) is -6.73. The van der Waals surface area contributed by atoms with Gasteiger partial charge in [-0.15, -0.1) is 0 Å². The molecule has 1 aliphatic rings. The first-order chi connectivity index (χ1) is 11.6. The standard InChI is InChI=1S/C15H22N2O6S2/c1-23-14(18)15(10-4-2-3-5-11-15)17-25(21,22)13-8-6-12(7-9-13)24(16,19)20/h6-9,17H,2-5,10-11H2,1H3,(H2,16,19,20). The summed E-state index contributed by atoms with van der Waals surface area (Å²) in [5, 5.41) is 5.01. The van der Waals surface area contributed by atoms with Gasteiger partial charge in [-0.2, -0.15) is 4.72 Å². The zero-order valence-corrected chi connectivity index (χ0v) is 15.5. The Morgan fingerprint density at radius 2 is 1.48 bits per heavy atom. The molecular formula is C15H22N2O6S2. The maximum atomic E-state index is 12.7.